The second kappa shape index (κ2) is 7.11. The molecule has 0 aromatic carbocycles. The number of aromatic nitrogens is 2. The van der Waals surface area contributed by atoms with Gasteiger partial charge in [0.15, 0.2) is 5.96 Å². The van der Waals surface area contributed by atoms with Crippen molar-refractivity contribution < 1.29 is 0 Å². The van der Waals surface area contributed by atoms with Crippen LogP contribution in [0, 0.1) is 12.8 Å². The molecule has 0 unspecified atom stereocenters. The van der Waals surface area contributed by atoms with E-state index < -0.39 is 0 Å². The van der Waals surface area contributed by atoms with Gasteiger partial charge in [0.2, 0.25) is 0 Å². The predicted octanol–water partition coefficient (Wildman–Crippen LogP) is 2.35. The molecule has 21 heavy (non-hydrogen) atoms. The molecule has 0 aliphatic heterocycles. The van der Waals surface area contributed by atoms with Gasteiger partial charge in [0, 0.05) is 25.0 Å². The molecule has 0 bridgehead atoms. The average molecular weight is 287 g/mol. The van der Waals surface area contributed by atoms with Crippen LogP contribution in [0.1, 0.15) is 32.2 Å². The topological polar surface area (TPSA) is 53.7 Å². The highest BCUT2D eigenvalue weighted by atomic mass is 15.2. The van der Waals surface area contributed by atoms with Crippen molar-refractivity contribution in [3.63, 3.8) is 0 Å². The van der Waals surface area contributed by atoms with E-state index in [-0.39, 0.29) is 0 Å². The Kier molecular flexibility index (Phi) is 5.20. The molecule has 114 valence electrons. The standard InChI is InChI=1S/C16H25N5/c1-5-17-16(18-9-12(2)3)19-10-14-11-21-13(4)7-6-8-15(21)20-14/h6-8,11-12H,5,9-10H2,1-4H3,(H2,17,18,19). The van der Waals surface area contributed by atoms with Gasteiger partial charge in [-0.15, -0.1) is 0 Å². The first-order valence-electron chi connectivity index (χ1n) is 7.56. The van der Waals surface area contributed by atoms with E-state index in [1.54, 1.807) is 0 Å². The Bertz CT molecular complexity index is 612. The molecule has 5 heteroatoms. The van der Waals surface area contributed by atoms with Crippen LogP contribution in [0.25, 0.3) is 5.65 Å². The lowest BCUT2D eigenvalue weighted by atomic mass is 10.2. The van der Waals surface area contributed by atoms with Crippen molar-refractivity contribution in [2.75, 3.05) is 13.1 Å². The van der Waals surface area contributed by atoms with Crippen LogP contribution >= 0.6 is 0 Å². The molecule has 2 heterocycles. The van der Waals surface area contributed by atoms with Gasteiger partial charge in [-0.2, -0.15) is 0 Å². The maximum absolute atomic E-state index is 4.60. The van der Waals surface area contributed by atoms with Crippen molar-refractivity contribution >= 4 is 11.6 Å². The predicted molar refractivity (Wildman–Crippen MR) is 87.6 cm³/mol. The van der Waals surface area contributed by atoms with Crippen LogP contribution in [0.4, 0.5) is 0 Å². The van der Waals surface area contributed by atoms with Crippen molar-refractivity contribution in [3.8, 4) is 0 Å². The van der Waals surface area contributed by atoms with Gasteiger partial charge >= 0.3 is 0 Å². The molecule has 0 saturated carbocycles. The molecule has 0 aliphatic carbocycles. The Balaban J connectivity index is 2.09. The number of pyridine rings is 1. The number of nitrogens with one attached hydrogen (secondary N) is 2. The largest absolute Gasteiger partial charge is 0.357 e. The number of aryl methyl sites for hydroxylation is 1. The van der Waals surface area contributed by atoms with E-state index in [4.69, 9.17) is 0 Å². The third-order valence-corrected chi connectivity index (χ3v) is 3.17. The van der Waals surface area contributed by atoms with Crippen molar-refractivity contribution in [1.29, 1.82) is 0 Å². The molecule has 0 aliphatic rings. The van der Waals surface area contributed by atoms with Crippen molar-refractivity contribution in [3.05, 3.63) is 35.8 Å². The van der Waals surface area contributed by atoms with E-state index in [0.717, 1.165) is 30.4 Å². The molecule has 5 nitrogen and oxygen atoms in total. The van der Waals surface area contributed by atoms with E-state index in [1.807, 2.05) is 12.1 Å². The first kappa shape index (κ1) is 15.4. The molecule has 2 N–H and O–H groups in total. The molecule has 2 aromatic heterocycles. The molecule has 0 fully saturated rings. The lowest BCUT2D eigenvalue weighted by Crippen LogP contribution is -2.39. The van der Waals surface area contributed by atoms with E-state index >= 15 is 0 Å². The summed E-state index contributed by atoms with van der Waals surface area (Å²) in [5.41, 5.74) is 3.13. The summed E-state index contributed by atoms with van der Waals surface area (Å²) in [4.78, 5) is 9.20. The fourth-order valence-electron chi connectivity index (χ4n) is 2.08. The number of nitrogens with zero attached hydrogens (tertiary/aromatic N) is 3. The molecular weight excluding hydrogens is 262 g/mol. The zero-order valence-corrected chi connectivity index (χ0v) is 13.3. The first-order chi connectivity index (χ1) is 10.1. The summed E-state index contributed by atoms with van der Waals surface area (Å²) >= 11 is 0. The monoisotopic (exact) mass is 287 g/mol. The van der Waals surface area contributed by atoms with Gasteiger partial charge in [0.05, 0.1) is 12.2 Å². The van der Waals surface area contributed by atoms with Gasteiger partial charge in [0.1, 0.15) is 5.65 Å². The van der Waals surface area contributed by atoms with Crippen LogP contribution in [-0.4, -0.2) is 28.4 Å². The maximum Gasteiger partial charge on any atom is 0.191 e. The SMILES string of the molecule is CCNC(=NCc1cn2c(C)cccc2n1)NCC(C)C. The number of rotatable bonds is 5. The summed E-state index contributed by atoms with van der Waals surface area (Å²) in [5, 5.41) is 6.60. The number of hydrogen-bond donors (Lipinski definition) is 2. The van der Waals surface area contributed by atoms with E-state index in [9.17, 15) is 0 Å². The smallest absolute Gasteiger partial charge is 0.191 e. The summed E-state index contributed by atoms with van der Waals surface area (Å²) in [7, 11) is 0. The fraction of sp³-hybridized carbons (Fsp3) is 0.500. The van der Waals surface area contributed by atoms with E-state index in [1.165, 1.54) is 5.69 Å². The zero-order chi connectivity index (χ0) is 15.2. The van der Waals surface area contributed by atoms with Crippen LogP contribution in [0.2, 0.25) is 0 Å². The quantitative estimate of drug-likeness (QED) is 0.655. The Labute approximate surface area is 126 Å². The minimum absolute atomic E-state index is 0.578. The van der Waals surface area contributed by atoms with E-state index in [0.29, 0.717) is 12.5 Å². The molecule has 0 radical (unpaired) electrons. The molecular formula is C16H25N5. The van der Waals surface area contributed by atoms with Crippen LogP contribution in [0.15, 0.2) is 29.4 Å². The minimum atomic E-state index is 0.578. The van der Waals surface area contributed by atoms with Crippen molar-refractivity contribution in [1.82, 2.24) is 20.0 Å². The Morgan fingerprint density at radius 3 is 2.81 bits per heavy atom. The molecule has 0 saturated heterocycles. The first-order valence-corrected chi connectivity index (χ1v) is 7.56. The van der Waals surface area contributed by atoms with Crippen LogP contribution in [0.5, 0.6) is 0 Å². The molecule has 0 spiro atoms. The highest BCUT2D eigenvalue weighted by Gasteiger charge is 2.04. The maximum atomic E-state index is 4.60. The minimum Gasteiger partial charge on any atom is -0.357 e. The van der Waals surface area contributed by atoms with E-state index in [2.05, 4.69) is 65.0 Å². The summed E-state index contributed by atoms with van der Waals surface area (Å²) < 4.78 is 2.10. The average Bonchev–Trinajstić information content (AvgIpc) is 2.86. The Morgan fingerprint density at radius 2 is 2.14 bits per heavy atom. The third-order valence-electron chi connectivity index (χ3n) is 3.17. The van der Waals surface area contributed by atoms with Crippen LogP contribution in [-0.2, 0) is 6.54 Å². The van der Waals surface area contributed by atoms with Gasteiger partial charge in [-0.3, -0.25) is 0 Å². The summed E-state index contributed by atoms with van der Waals surface area (Å²) in [6.45, 7) is 10.9. The number of hydrogen-bond acceptors (Lipinski definition) is 2. The highest BCUT2D eigenvalue weighted by Crippen LogP contribution is 2.09. The molecule has 0 amide bonds. The van der Waals surface area contributed by atoms with Crippen LogP contribution in [0.3, 0.4) is 0 Å². The number of guanidine groups is 1. The van der Waals surface area contributed by atoms with Gasteiger partial charge < -0.3 is 15.0 Å². The summed E-state index contributed by atoms with van der Waals surface area (Å²) in [6, 6.07) is 6.12. The Morgan fingerprint density at radius 1 is 1.33 bits per heavy atom. The Hall–Kier alpha value is -2.04. The lowest BCUT2D eigenvalue weighted by Gasteiger charge is -2.12. The van der Waals surface area contributed by atoms with Crippen molar-refractivity contribution in [2.45, 2.75) is 34.2 Å². The fourth-order valence-corrected chi connectivity index (χ4v) is 2.08. The molecule has 2 aromatic rings. The molecule has 0 atom stereocenters. The summed E-state index contributed by atoms with van der Waals surface area (Å²) in [6.07, 6.45) is 2.06. The number of aliphatic imine (C=N–C) groups is 1. The number of fused-ring (bicyclic) bond motifs is 1. The summed E-state index contributed by atoms with van der Waals surface area (Å²) in [5.74, 6) is 1.44. The van der Waals surface area contributed by atoms with Gasteiger partial charge in [0.25, 0.3) is 0 Å². The van der Waals surface area contributed by atoms with Gasteiger partial charge in [-0.05, 0) is 31.9 Å². The van der Waals surface area contributed by atoms with Crippen LogP contribution < -0.4 is 10.6 Å². The second-order valence-corrected chi connectivity index (χ2v) is 5.60. The zero-order valence-electron chi connectivity index (χ0n) is 13.3. The highest BCUT2D eigenvalue weighted by molar-refractivity contribution is 5.79. The van der Waals surface area contributed by atoms with Gasteiger partial charge in [-0.1, -0.05) is 19.9 Å². The van der Waals surface area contributed by atoms with Crippen molar-refractivity contribution in [2.24, 2.45) is 10.9 Å². The lowest BCUT2D eigenvalue weighted by molar-refractivity contribution is 0.614. The third kappa shape index (κ3) is 4.21. The second-order valence-electron chi connectivity index (χ2n) is 5.60. The molecule has 2 rings (SSSR count). The normalized spacial score (nSPS) is 12.1. The number of imidazole rings is 1. The van der Waals surface area contributed by atoms with Gasteiger partial charge in [-0.25, -0.2) is 9.98 Å².